The molecule has 0 aromatic heterocycles. The molecule has 140 valence electrons. The zero-order chi connectivity index (χ0) is 19.5. The average Bonchev–Trinajstić information content (AvgIpc) is 2.53. The van der Waals surface area contributed by atoms with Gasteiger partial charge in [-0.2, -0.15) is 0 Å². The zero-order valence-electron chi connectivity index (χ0n) is 16.6. The van der Waals surface area contributed by atoms with Crippen LogP contribution in [0.5, 0.6) is 0 Å². The van der Waals surface area contributed by atoms with E-state index in [0.717, 1.165) is 11.3 Å². The van der Waals surface area contributed by atoms with Gasteiger partial charge in [0.2, 0.25) is 0 Å². The van der Waals surface area contributed by atoms with Crippen molar-refractivity contribution in [1.29, 1.82) is 0 Å². The van der Waals surface area contributed by atoms with Gasteiger partial charge in [-0.3, -0.25) is 0 Å². The molecule has 0 aliphatic heterocycles. The Kier molecular flexibility index (Phi) is 5.77. The Balaban J connectivity index is 2.22. The first-order valence-electron chi connectivity index (χ1n) is 8.93. The van der Waals surface area contributed by atoms with Crippen LogP contribution in [-0.2, 0) is 17.4 Å². The van der Waals surface area contributed by atoms with Gasteiger partial charge < -0.3 is 15.7 Å². The van der Waals surface area contributed by atoms with Gasteiger partial charge in [0.15, 0.2) is 0 Å². The number of aliphatic hydroxyl groups is 1. The van der Waals surface area contributed by atoms with Gasteiger partial charge in [-0.1, -0.05) is 59.7 Å². The number of hydrogen-bond donors (Lipinski definition) is 3. The summed E-state index contributed by atoms with van der Waals surface area (Å²) in [5.41, 5.74) is 4.64. The molecule has 4 heteroatoms. The summed E-state index contributed by atoms with van der Waals surface area (Å²) in [4.78, 5) is 12.4. The molecule has 26 heavy (non-hydrogen) atoms. The summed E-state index contributed by atoms with van der Waals surface area (Å²) >= 11 is 0. The molecule has 2 rings (SSSR count). The van der Waals surface area contributed by atoms with Crippen LogP contribution in [0.25, 0.3) is 0 Å². The van der Waals surface area contributed by atoms with E-state index in [1.807, 2.05) is 12.1 Å². The molecule has 0 heterocycles. The van der Waals surface area contributed by atoms with Crippen molar-refractivity contribution in [3.63, 3.8) is 0 Å². The molecule has 3 N–H and O–H groups in total. The predicted octanol–water partition coefficient (Wildman–Crippen LogP) is 5.42. The number of benzene rings is 2. The molecule has 0 aliphatic rings. The Bertz CT molecular complexity index is 734. The Hall–Kier alpha value is -2.33. The summed E-state index contributed by atoms with van der Waals surface area (Å²) in [6.45, 7) is 13.0. The van der Waals surface area contributed by atoms with Crippen molar-refractivity contribution in [3.05, 3.63) is 59.2 Å². The molecule has 0 saturated carbocycles. The van der Waals surface area contributed by atoms with Gasteiger partial charge in [0.05, 0.1) is 6.61 Å². The fourth-order valence-electron chi connectivity index (χ4n) is 2.55. The number of carbonyl (C=O) groups is 1. The molecule has 0 fully saturated rings. The van der Waals surface area contributed by atoms with Crippen molar-refractivity contribution >= 4 is 17.4 Å². The zero-order valence-corrected chi connectivity index (χ0v) is 16.6. The number of nitrogens with one attached hydrogen (secondary N) is 2. The number of amides is 2. The summed E-state index contributed by atoms with van der Waals surface area (Å²) in [6.07, 6.45) is 0. The molecule has 2 aromatic carbocycles. The lowest BCUT2D eigenvalue weighted by Gasteiger charge is -2.26. The number of carbonyl (C=O) groups excluding carboxylic acids is 1. The first kappa shape index (κ1) is 20.0. The minimum absolute atomic E-state index is 0.00566. The third kappa shape index (κ3) is 5.33. The van der Waals surface area contributed by atoms with E-state index in [4.69, 9.17) is 5.11 Å². The molecule has 0 spiro atoms. The van der Waals surface area contributed by atoms with Crippen LogP contribution in [0.2, 0.25) is 0 Å². The quantitative estimate of drug-likeness (QED) is 0.689. The number of hydrogen-bond acceptors (Lipinski definition) is 2. The van der Waals surface area contributed by atoms with Gasteiger partial charge in [0.1, 0.15) is 0 Å². The summed E-state index contributed by atoms with van der Waals surface area (Å²) in [5, 5.41) is 14.9. The van der Waals surface area contributed by atoms with Crippen LogP contribution in [0.4, 0.5) is 16.2 Å². The number of anilines is 2. The van der Waals surface area contributed by atoms with Gasteiger partial charge in [0, 0.05) is 11.4 Å². The summed E-state index contributed by atoms with van der Waals surface area (Å²) in [5.74, 6) is 0. The summed E-state index contributed by atoms with van der Waals surface area (Å²) in [6, 6.07) is 13.1. The minimum atomic E-state index is -0.285. The molecule has 0 radical (unpaired) electrons. The third-order valence-electron chi connectivity index (χ3n) is 4.32. The van der Waals surface area contributed by atoms with Crippen LogP contribution in [-0.4, -0.2) is 11.1 Å². The van der Waals surface area contributed by atoms with E-state index < -0.39 is 0 Å². The van der Waals surface area contributed by atoms with Gasteiger partial charge in [0.25, 0.3) is 0 Å². The van der Waals surface area contributed by atoms with Gasteiger partial charge in [-0.25, -0.2) is 4.79 Å². The van der Waals surface area contributed by atoms with Crippen molar-refractivity contribution in [2.75, 3.05) is 10.6 Å². The van der Waals surface area contributed by atoms with E-state index in [2.05, 4.69) is 58.2 Å². The molecular formula is C22H30N2O2. The smallest absolute Gasteiger partial charge is 0.323 e. The van der Waals surface area contributed by atoms with E-state index >= 15 is 0 Å². The monoisotopic (exact) mass is 354 g/mol. The van der Waals surface area contributed by atoms with Crippen LogP contribution in [0.1, 0.15) is 58.2 Å². The van der Waals surface area contributed by atoms with Gasteiger partial charge in [-0.05, 0) is 51.8 Å². The van der Waals surface area contributed by atoms with Crippen LogP contribution in [0.15, 0.2) is 42.5 Å². The van der Waals surface area contributed by atoms with Crippen molar-refractivity contribution in [3.8, 4) is 0 Å². The van der Waals surface area contributed by atoms with Crippen molar-refractivity contribution in [2.45, 2.75) is 59.0 Å². The number of aliphatic hydroxyl groups excluding tert-OH is 1. The van der Waals surface area contributed by atoms with Crippen LogP contribution < -0.4 is 10.6 Å². The van der Waals surface area contributed by atoms with Crippen molar-refractivity contribution in [2.24, 2.45) is 0 Å². The fraction of sp³-hybridized carbons (Fsp3) is 0.409. The third-order valence-corrected chi connectivity index (χ3v) is 4.32. The van der Waals surface area contributed by atoms with Crippen molar-refractivity contribution < 1.29 is 9.90 Å². The van der Waals surface area contributed by atoms with E-state index in [1.54, 1.807) is 24.3 Å². The molecular weight excluding hydrogens is 324 g/mol. The van der Waals surface area contributed by atoms with Crippen LogP contribution >= 0.6 is 0 Å². The molecule has 0 saturated heterocycles. The molecule has 0 unspecified atom stereocenters. The molecule has 0 atom stereocenters. The first-order chi connectivity index (χ1) is 12.0. The topological polar surface area (TPSA) is 61.4 Å². The van der Waals surface area contributed by atoms with Gasteiger partial charge >= 0.3 is 6.03 Å². The molecule has 0 bridgehead atoms. The highest BCUT2D eigenvalue weighted by molar-refractivity contribution is 5.99. The van der Waals surface area contributed by atoms with E-state index in [9.17, 15) is 4.79 Å². The second-order valence-electron chi connectivity index (χ2n) is 8.73. The minimum Gasteiger partial charge on any atom is -0.392 e. The Labute approximate surface area is 156 Å². The lowest BCUT2D eigenvalue weighted by molar-refractivity contribution is 0.262. The molecule has 2 aromatic rings. The van der Waals surface area contributed by atoms with Crippen molar-refractivity contribution in [1.82, 2.24) is 0 Å². The highest BCUT2D eigenvalue weighted by Crippen LogP contribution is 2.32. The van der Waals surface area contributed by atoms with Crippen LogP contribution in [0.3, 0.4) is 0 Å². The summed E-state index contributed by atoms with van der Waals surface area (Å²) in [7, 11) is 0. The molecule has 0 aliphatic carbocycles. The summed E-state index contributed by atoms with van der Waals surface area (Å²) < 4.78 is 0. The average molecular weight is 354 g/mol. The maximum atomic E-state index is 12.4. The lowest BCUT2D eigenvalue weighted by atomic mass is 9.80. The van der Waals surface area contributed by atoms with E-state index in [-0.39, 0.29) is 23.5 Å². The van der Waals surface area contributed by atoms with E-state index in [0.29, 0.717) is 5.69 Å². The van der Waals surface area contributed by atoms with Gasteiger partial charge in [-0.15, -0.1) is 0 Å². The normalized spacial score (nSPS) is 12.0. The first-order valence-corrected chi connectivity index (χ1v) is 8.93. The molecule has 4 nitrogen and oxygen atoms in total. The van der Waals surface area contributed by atoms with Crippen LogP contribution in [0, 0.1) is 0 Å². The Morgan fingerprint density at radius 1 is 0.808 bits per heavy atom. The predicted molar refractivity (Wildman–Crippen MR) is 109 cm³/mol. The largest absolute Gasteiger partial charge is 0.392 e. The highest BCUT2D eigenvalue weighted by Gasteiger charge is 2.21. The Morgan fingerprint density at radius 2 is 1.27 bits per heavy atom. The second kappa shape index (κ2) is 7.50. The second-order valence-corrected chi connectivity index (χ2v) is 8.73. The maximum Gasteiger partial charge on any atom is 0.323 e. The number of urea groups is 1. The molecule has 2 amide bonds. The van der Waals surface area contributed by atoms with E-state index in [1.165, 1.54) is 11.1 Å². The Morgan fingerprint density at radius 3 is 1.69 bits per heavy atom. The highest BCUT2D eigenvalue weighted by atomic mass is 16.3. The number of rotatable bonds is 3. The fourth-order valence-corrected chi connectivity index (χ4v) is 2.55. The SMILES string of the molecule is CC(C)(C)c1cc(NC(=O)Nc2ccc(CO)cc2)cc(C(C)(C)C)c1. The maximum absolute atomic E-state index is 12.4. The lowest BCUT2D eigenvalue weighted by Crippen LogP contribution is -2.22. The standard InChI is InChI=1S/C22H30N2O2/c1-21(2,3)16-11-17(22(4,5)6)13-19(12-16)24-20(26)23-18-9-7-15(14-25)8-10-18/h7-13,25H,14H2,1-6H3,(H2,23,24,26).